The molecule has 4 aliphatic rings. The number of hydrogen-bond acceptors (Lipinski definition) is 11. The van der Waals surface area contributed by atoms with E-state index in [1.807, 2.05) is 18.7 Å². The Labute approximate surface area is 363 Å². The van der Waals surface area contributed by atoms with Gasteiger partial charge in [-0.25, -0.2) is 36.9 Å². The molecule has 6 aromatic rings. The minimum atomic E-state index is -0.765. The van der Waals surface area contributed by atoms with Crippen LogP contribution in [0.2, 0.25) is 0 Å². The van der Waals surface area contributed by atoms with Crippen LogP contribution in [0.15, 0.2) is 73.1 Å². The number of ether oxygens (including phenoxy) is 2. The zero-order valence-electron chi connectivity index (χ0n) is 34.7. The monoisotopic (exact) mass is 882 g/mol. The van der Waals surface area contributed by atoms with Gasteiger partial charge in [0.1, 0.15) is 23.3 Å². The topological polar surface area (TPSA) is 182 Å². The number of pyridine rings is 2. The van der Waals surface area contributed by atoms with Crippen LogP contribution in [-0.2, 0) is 22.6 Å². The Kier molecular flexibility index (Phi) is 12.8. The van der Waals surface area contributed by atoms with Crippen LogP contribution in [0.4, 0.5) is 23.4 Å². The van der Waals surface area contributed by atoms with Gasteiger partial charge in [-0.15, -0.1) is 0 Å². The summed E-state index contributed by atoms with van der Waals surface area (Å²) in [6.07, 6.45) is 3.21. The third-order valence-electron chi connectivity index (χ3n) is 10.8. The fourth-order valence-electron chi connectivity index (χ4n) is 7.73. The minimum absolute atomic E-state index is 0.0393. The summed E-state index contributed by atoms with van der Waals surface area (Å²) in [4.78, 5) is 49.8. The molecule has 2 aromatic carbocycles. The molecule has 4 aliphatic heterocycles. The van der Waals surface area contributed by atoms with Gasteiger partial charge in [-0.1, -0.05) is 26.0 Å². The summed E-state index contributed by atoms with van der Waals surface area (Å²) in [5.74, 6) is -3.35. The number of amides is 3. The van der Waals surface area contributed by atoms with E-state index in [0.29, 0.717) is 80.2 Å². The molecule has 2 saturated heterocycles. The first-order valence-corrected chi connectivity index (χ1v) is 20.6. The molecule has 16 nitrogen and oxygen atoms in total. The van der Waals surface area contributed by atoms with E-state index in [2.05, 4.69) is 30.8 Å². The van der Waals surface area contributed by atoms with Crippen molar-refractivity contribution in [1.82, 2.24) is 45.1 Å². The summed E-state index contributed by atoms with van der Waals surface area (Å²) in [7, 11) is 0. The maximum atomic E-state index is 14.4. The summed E-state index contributed by atoms with van der Waals surface area (Å²) in [5.41, 5.74) is 1.77. The van der Waals surface area contributed by atoms with Gasteiger partial charge in [-0.2, -0.15) is 10.2 Å². The van der Waals surface area contributed by atoms with E-state index in [9.17, 15) is 37.1 Å². The van der Waals surface area contributed by atoms with Crippen LogP contribution in [0.5, 0.6) is 0 Å². The van der Waals surface area contributed by atoms with Gasteiger partial charge >= 0.3 is 0 Å². The second-order valence-electron chi connectivity index (χ2n) is 14.5. The number of nitrogens with zero attached hydrogens (tertiary/aromatic N) is 8. The number of halogens is 4. The van der Waals surface area contributed by atoms with E-state index in [-0.39, 0.29) is 77.2 Å². The third kappa shape index (κ3) is 8.41. The van der Waals surface area contributed by atoms with Gasteiger partial charge in [0, 0.05) is 38.1 Å². The second kappa shape index (κ2) is 18.8. The van der Waals surface area contributed by atoms with E-state index in [1.54, 1.807) is 23.2 Å². The minimum Gasteiger partial charge on any atom is -0.394 e. The highest BCUT2D eigenvalue weighted by atomic mass is 19.1. The van der Waals surface area contributed by atoms with Crippen LogP contribution in [0, 0.1) is 23.3 Å². The Bertz CT molecular complexity index is 2700. The average Bonchev–Trinajstić information content (AvgIpc) is 4.15. The predicted molar refractivity (Wildman–Crippen MR) is 223 cm³/mol. The number of carbonyl (C=O) groups excluding carboxylic acids is 3. The van der Waals surface area contributed by atoms with E-state index in [0.717, 1.165) is 24.3 Å². The van der Waals surface area contributed by atoms with Crippen molar-refractivity contribution in [3.63, 3.8) is 0 Å². The van der Waals surface area contributed by atoms with Gasteiger partial charge in [0.2, 0.25) is 0 Å². The molecule has 3 N–H and O–H groups in total. The molecule has 0 spiro atoms. The summed E-state index contributed by atoms with van der Waals surface area (Å²) >= 11 is 0. The molecule has 2 fully saturated rings. The molecule has 3 amide bonds. The van der Waals surface area contributed by atoms with Gasteiger partial charge < -0.3 is 35.0 Å². The molecule has 0 radical (unpaired) electrons. The normalized spacial score (nSPS) is 16.5. The molecule has 8 heterocycles. The fourth-order valence-corrected chi connectivity index (χ4v) is 7.73. The number of aliphatic hydroxyl groups is 1. The first-order valence-electron chi connectivity index (χ1n) is 20.6. The summed E-state index contributed by atoms with van der Waals surface area (Å²) in [5, 5.41) is 23.9. The van der Waals surface area contributed by atoms with E-state index in [1.165, 1.54) is 39.8 Å². The highest BCUT2D eigenvalue weighted by Gasteiger charge is 2.31. The van der Waals surface area contributed by atoms with Crippen molar-refractivity contribution in [2.45, 2.75) is 33.0 Å². The van der Waals surface area contributed by atoms with Crippen molar-refractivity contribution in [3.05, 3.63) is 125 Å². The second-order valence-corrected chi connectivity index (χ2v) is 14.5. The first-order chi connectivity index (χ1) is 31.1. The van der Waals surface area contributed by atoms with Crippen LogP contribution in [0.1, 0.15) is 56.4 Å². The van der Waals surface area contributed by atoms with E-state index in [4.69, 9.17) is 9.47 Å². The molecule has 0 aliphatic carbocycles. The van der Waals surface area contributed by atoms with Gasteiger partial charge in [-0.3, -0.25) is 14.4 Å². The molecule has 0 saturated carbocycles. The molecule has 0 bridgehead atoms. The van der Waals surface area contributed by atoms with E-state index >= 15 is 0 Å². The number of morpholine rings is 2. The van der Waals surface area contributed by atoms with Crippen LogP contribution in [0.3, 0.4) is 0 Å². The van der Waals surface area contributed by atoms with E-state index < -0.39 is 23.3 Å². The van der Waals surface area contributed by atoms with Gasteiger partial charge in [-0.05, 0) is 42.5 Å². The highest BCUT2D eigenvalue weighted by molar-refractivity contribution is 6.02. The lowest BCUT2D eigenvalue weighted by atomic mass is 10.1. The van der Waals surface area contributed by atoms with Gasteiger partial charge in [0.15, 0.2) is 11.5 Å². The molecule has 4 aromatic heterocycles. The van der Waals surface area contributed by atoms with Crippen molar-refractivity contribution < 1.29 is 46.5 Å². The lowest BCUT2D eigenvalue weighted by Gasteiger charge is -2.34. The van der Waals surface area contributed by atoms with Crippen molar-refractivity contribution in [1.29, 1.82) is 0 Å². The number of aromatic nitrogens is 6. The highest BCUT2D eigenvalue weighted by Crippen LogP contribution is 2.33. The van der Waals surface area contributed by atoms with Crippen LogP contribution >= 0.6 is 0 Å². The zero-order chi connectivity index (χ0) is 45.1. The Morgan fingerprint density at radius 2 is 1.20 bits per heavy atom. The SMILES string of the molecule is CC.O=C1NCc2nc(-c3c(F)cccc3F)cc(-n3ccc(C(=O)N4CCOCC4)n3)c21.O=C1NCc2nc(-c3c(F)cccc3F)cc(-n3ccc(N4CCOCC4CO)n3)c21. The van der Waals surface area contributed by atoms with Crippen molar-refractivity contribution >= 4 is 23.5 Å². The van der Waals surface area contributed by atoms with Crippen LogP contribution < -0.4 is 15.5 Å². The van der Waals surface area contributed by atoms with Crippen LogP contribution in [0.25, 0.3) is 33.9 Å². The summed E-state index contributed by atoms with van der Waals surface area (Å²) < 4.78 is 71.1. The molecule has 64 heavy (non-hydrogen) atoms. The maximum Gasteiger partial charge on any atom is 0.274 e. The molecule has 1 unspecified atom stereocenters. The Morgan fingerprint density at radius 3 is 1.73 bits per heavy atom. The van der Waals surface area contributed by atoms with Crippen molar-refractivity contribution in [3.8, 4) is 33.9 Å². The Hall–Kier alpha value is -7.03. The number of carbonyl (C=O) groups is 3. The molecular formula is C44H42F4N10O6. The molecular weight excluding hydrogens is 841 g/mol. The third-order valence-corrected chi connectivity index (χ3v) is 10.8. The number of hydrogen-bond donors (Lipinski definition) is 3. The lowest BCUT2D eigenvalue weighted by Crippen LogP contribution is -2.47. The standard InChI is InChI=1S/C21H17F2N5O3.C21H19F2N5O3.C2H6/c22-12-2-1-3-13(23)18(12)15-10-17(19-16(25-15)11-24-20(19)29)28-5-4-14(26-28)21(30)27-6-8-31-9-7-27;22-13-2-1-3-14(23)19(13)15-8-17(20-16(25-15)9-24-21(20)30)28-5-4-18(26-28)27-6-7-31-11-12(27)10-29;1-2/h1-5,10H,6-9,11H2,(H,24,29);1-5,8,12,29H,6-7,9-11H2,(H,24,30);1-2H3. The lowest BCUT2D eigenvalue weighted by molar-refractivity contribution is 0.0298. The molecule has 10 rings (SSSR count). The number of nitrogens with one attached hydrogen (secondary N) is 2. The molecule has 20 heteroatoms. The molecule has 1 atom stereocenters. The number of rotatable bonds is 7. The first kappa shape index (κ1) is 43.6. The number of aliphatic hydroxyl groups excluding tert-OH is 1. The summed E-state index contributed by atoms with van der Waals surface area (Å²) in [6.45, 7) is 7.51. The number of anilines is 1. The van der Waals surface area contributed by atoms with Gasteiger partial charge in [0.05, 0.1) is 109 Å². The maximum absolute atomic E-state index is 14.4. The summed E-state index contributed by atoms with van der Waals surface area (Å²) in [6, 6.07) is 13.1. The smallest absolute Gasteiger partial charge is 0.274 e. The quantitative estimate of drug-likeness (QED) is 0.191. The van der Waals surface area contributed by atoms with Crippen molar-refractivity contribution in [2.24, 2.45) is 0 Å². The number of benzene rings is 2. The fraction of sp³-hybridized carbons (Fsp3) is 0.295. The van der Waals surface area contributed by atoms with Crippen molar-refractivity contribution in [2.75, 3.05) is 57.6 Å². The van der Waals surface area contributed by atoms with Crippen LogP contribution in [-0.4, -0.2) is 116 Å². The average molecular weight is 883 g/mol. The van der Waals surface area contributed by atoms with Gasteiger partial charge in [0.25, 0.3) is 17.7 Å². The number of fused-ring (bicyclic) bond motifs is 2. The molecule has 332 valence electrons. The Morgan fingerprint density at radius 1 is 0.703 bits per heavy atom. The Balaban J connectivity index is 0.000000169. The predicted octanol–water partition coefficient (Wildman–Crippen LogP) is 4.61. The largest absolute Gasteiger partial charge is 0.394 e. The zero-order valence-corrected chi connectivity index (χ0v) is 34.7.